The number of hydrogen-bond donors (Lipinski definition) is 1. The lowest BCUT2D eigenvalue weighted by Crippen LogP contribution is -2.35. The van der Waals surface area contributed by atoms with Gasteiger partial charge in [-0.3, -0.25) is 0 Å². The van der Waals surface area contributed by atoms with Crippen molar-refractivity contribution in [2.45, 2.75) is 37.8 Å². The highest BCUT2D eigenvalue weighted by Gasteiger charge is 2.12. The van der Waals surface area contributed by atoms with Gasteiger partial charge in [-0.1, -0.05) is 11.6 Å². The monoisotopic (exact) mass is 335 g/mol. The molecule has 1 rings (SSSR count). The molecule has 20 heavy (non-hydrogen) atoms. The Hall–Kier alpha value is -0.230. The summed E-state index contributed by atoms with van der Waals surface area (Å²) in [6, 6.07) is 5.73. The van der Waals surface area contributed by atoms with Crippen LogP contribution >= 0.6 is 23.4 Å². The molecule has 1 aromatic carbocycles. The lowest BCUT2D eigenvalue weighted by atomic mass is 10.1. The summed E-state index contributed by atoms with van der Waals surface area (Å²) in [5, 5.41) is 4.12. The zero-order valence-corrected chi connectivity index (χ0v) is 14.8. The van der Waals surface area contributed by atoms with Crippen molar-refractivity contribution in [3.8, 4) is 0 Å². The second kappa shape index (κ2) is 7.16. The molecule has 0 aliphatic heterocycles. The van der Waals surface area contributed by atoms with E-state index in [1.54, 1.807) is 11.8 Å². The molecule has 0 saturated carbocycles. The van der Waals surface area contributed by atoms with Gasteiger partial charge in [-0.25, -0.2) is 8.42 Å². The normalized spacial score (nSPS) is 12.7. The molecule has 0 aliphatic carbocycles. The van der Waals surface area contributed by atoms with Crippen LogP contribution < -0.4 is 5.32 Å². The fraction of sp³-hybridized carbons (Fsp3) is 0.571. The van der Waals surface area contributed by atoms with Gasteiger partial charge in [0.1, 0.15) is 9.84 Å². The van der Waals surface area contributed by atoms with E-state index in [1.807, 2.05) is 18.2 Å². The Labute approximate surface area is 131 Å². The zero-order valence-electron chi connectivity index (χ0n) is 12.4. The van der Waals surface area contributed by atoms with Crippen molar-refractivity contribution in [3.63, 3.8) is 0 Å². The van der Waals surface area contributed by atoms with Crippen LogP contribution in [0.1, 0.15) is 26.3 Å². The minimum Gasteiger partial charge on any atom is -0.308 e. The van der Waals surface area contributed by atoms with Gasteiger partial charge in [0.05, 0.1) is 5.75 Å². The van der Waals surface area contributed by atoms with Crippen molar-refractivity contribution in [3.05, 3.63) is 28.8 Å². The molecule has 0 heterocycles. The highest BCUT2D eigenvalue weighted by Crippen LogP contribution is 2.26. The van der Waals surface area contributed by atoms with Crippen molar-refractivity contribution in [1.29, 1.82) is 0 Å². The predicted octanol–water partition coefficient (Wildman–Crippen LogP) is 3.36. The van der Waals surface area contributed by atoms with Crippen molar-refractivity contribution in [2.24, 2.45) is 0 Å². The molecule has 6 heteroatoms. The molecule has 0 saturated heterocycles. The maximum atomic E-state index is 11.2. The number of rotatable bonds is 6. The van der Waals surface area contributed by atoms with Crippen molar-refractivity contribution in [1.82, 2.24) is 5.32 Å². The Morgan fingerprint density at radius 3 is 2.50 bits per heavy atom. The number of sulfone groups is 1. The summed E-state index contributed by atoms with van der Waals surface area (Å²) >= 11 is 7.60. The summed E-state index contributed by atoms with van der Waals surface area (Å²) in [6.07, 6.45) is 1.26. The summed E-state index contributed by atoms with van der Waals surface area (Å²) in [5.74, 6) is 0.745. The molecule has 0 fully saturated rings. The molecule has 0 radical (unpaired) electrons. The van der Waals surface area contributed by atoms with Crippen LogP contribution in [-0.2, 0) is 16.4 Å². The molecular formula is C14H22ClNO2S2. The van der Waals surface area contributed by atoms with Gasteiger partial charge in [0.15, 0.2) is 0 Å². The molecule has 1 N–H and O–H groups in total. The molecule has 0 atom stereocenters. The zero-order chi connectivity index (χ0) is 15.4. The summed E-state index contributed by atoms with van der Waals surface area (Å²) in [6.45, 7) is 7.03. The van der Waals surface area contributed by atoms with Gasteiger partial charge in [-0.05, 0) is 44.5 Å². The second-order valence-electron chi connectivity index (χ2n) is 5.83. The van der Waals surface area contributed by atoms with E-state index in [9.17, 15) is 8.42 Å². The quantitative estimate of drug-likeness (QED) is 0.810. The van der Waals surface area contributed by atoms with Crippen molar-refractivity contribution < 1.29 is 8.42 Å². The lowest BCUT2D eigenvalue weighted by Gasteiger charge is -2.21. The van der Waals surface area contributed by atoms with Crippen LogP contribution in [0.2, 0.25) is 5.02 Å². The fourth-order valence-electron chi connectivity index (χ4n) is 1.49. The molecule has 0 amide bonds. The molecule has 0 bridgehead atoms. The standard InChI is InChI=1S/C14H22ClNO2S2/c1-14(2,3)16-10-11-9-12(15)5-6-13(11)19-7-8-20(4,17)18/h5-6,9,16H,7-8,10H2,1-4H3. The SMILES string of the molecule is CC(C)(C)NCc1cc(Cl)ccc1SCCS(C)(=O)=O. The third kappa shape index (κ3) is 7.53. The molecule has 114 valence electrons. The molecule has 1 aromatic rings. The number of hydrogen-bond acceptors (Lipinski definition) is 4. The first-order chi connectivity index (χ1) is 9.07. The predicted molar refractivity (Wildman–Crippen MR) is 88.5 cm³/mol. The van der Waals surface area contributed by atoms with Crippen LogP contribution in [0.4, 0.5) is 0 Å². The molecular weight excluding hydrogens is 314 g/mol. The number of benzene rings is 1. The van der Waals surface area contributed by atoms with Crippen LogP contribution in [-0.4, -0.2) is 31.7 Å². The van der Waals surface area contributed by atoms with Gasteiger partial charge in [-0.2, -0.15) is 0 Å². The van der Waals surface area contributed by atoms with Gasteiger partial charge < -0.3 is 5.32 Å². The van der Waals surface area contributed by atoms with Crippen LogP contribution in [0, 0.1) is 0 Å². The average molecular weight is 336 g/mol. The van der Waals surface area contributed by atoms with Crippen molar-refractivity contribution in [2.75, 3.05) is 17.8 Å². The first-order valence-corrected chi connectivity index (χ1v) is 9.83. The highest BCUT2D eigenvalue weighted by molar-refractivity contribution is 8.00. The molecule has 0 aromatic heterocycles. The van der Waals surface area contributed by atoms with E-state index in [0.717, 1.165) is 10.5 Å². The Kier molecular flexibility index (Phi) is 6.38. The van der Waals surface area contributed by atoms with Crippen molar-refractivity contribution >= 4 is 33.2 Å². The summed E-state index contributed by atoms with van der Waals surface area (Å²) in [7, 11) is -2.91. The third-order valence-electron chi connectivity index (χ3n) is 2.54. The van der Waals surface area contributed by atoms with Crippen LogP contribution in [0.3, 0.4) is 0 Å². The van der Waals surface area contributed by atoms with Gasteiger partial charge in [-0.15, -0.1) is 11.8 Å². The van der Waals surface area contributed by atoms with E-state index in [-0.39, 0.29) is 11.3 Å². The smallest absolute Gasteiger partial charge is 0.148 e. The molecule has 3 nitrogen and oxygen atoms in total. The summed E-state index contributed by atoms with van der Waals surface area (Å²) in [5.41, 5.74) is 1.13. The maximum absolute atomic E-state index is 11.2. The van der Waals surface area contributed by atoms with Crippen LogP contribution in [0.5, 0.6) is 0 Å². The van der Waals surface area contributed by atoms with E-state index < -0.39 is 9.84 Å². The maximum Gasteiger partial charge on any atom is 0.148 e. The van der Waals surface area contributed by atoms with Gasteiger partial charge in [0, 0.05) is 34.0 Å². The Morgan fingerprint density at radius 2 is 1.95 bits per heavy atom. The Morgan fingerprint density at radius 1 is 1.30 bits per heavy atom. The molecule has 0 spiro atoms. The van der Waals surface area contributed by atoms with E-state index in [2.05, 4.69) is 26.1 Å². The van der Waals surface area contributed by atoms with Gasteiger partial charge >= 0.3 is 0 Å². The van der Waals surface area contributed by atoms with Gasteiger partial charge in [0.25, 0.3) is 0 Å². The van der Waals surface area contributed by atoms with E-state index in [1.165, 1.54) is 6.26 Å². The van der Waals surface area contributed by atoms with E-state index in [0.29, 0.717) is 17.3 Å². The molecule has 0 unspecified atom stereocenters. The number of thioether (sulfide) groups is 1. The number of nitrogens with one attached hydrogen (secondary N) is 1. The third-order valence-corrected chi connectivity index (χ3v) is 5.10. The van der Waals surface area contributed by atoms with E-state index in [4.69, 9.17) is 11.6 Å². The Balaban J connectivity index is 2.74. The average Bonchev–Trinajstić information content (AvgIpc) is 2.26. The van der Waals surface area contributed by atoms with Gasteiger partial charge in [0.2, 0.25) is 0 Å². The Bertz CT molecular complexity index is 551. The minimum atomic E-state index is -2.91. The first-order valence-electron chi connectivity index (χ1n) is 6.41. The summed E-state index contributed by atoms with van der Waals surface area (Å²) < 4.78 is 22.3. The lowest BCUT2D eigenvalue weighted by molar-refractivity contribution is 0.422. The minimum absolute atomic E-state index is 0.0248. The van der Waals surface area contributed by atoms with E-state index >= 15 is 0 Å². The fourth-order valence-corrected chi connectivity index (χ4v) is 3.93. The topological polar surface area (TPSA) is 46.2 Å². The summed E-state index contributed by atoms with van der Waals surface area (Å²) in [4.78, 5) is 1.08. The second-order valence-corrected chi connectivity index (χ2v) is 9.67. The largest absolute Gasteiger partial charge is 0.308 e. The first kappa shape index (κ1) is 17.8. The highest BCUT2D eigenvalue weighted by atomic mass is 35.5. The van der Waals surface area contributed by atoms with Crippen LogP contribution in [0.25, 0.3) is 0 Å². The van der Waals surface area contributed by atoms with Crippen LogP contribution in [0.15, 0.2) is 23.1 Å². The molecule has 0 aliphatic rings. The number of halogens is 1.